The fraction of sp³-hybridized carbons (Fsp3) is 0.533. The maximum atomic E-state index is 11.8. The lowest BCUT2D eigenvalue weighted by atomic mass is 10.1. The number of primary sulfonamides is 1. The highest BCUT2D eigenvalue weighted by atomic mass is 32.5. The zero-order valence-corrected chi connectivity index (χ0v) is 17.1. The van der Waals surface area contributed by atoms with Crippen LogP contribution < -0.4 is 10.5 Å². The summed E-state index contributed by atoms with van der Waals surface area (Å²) in [5.74, 6) is -0.127. The smallest absolute Gasteiger partial charge is 0.324 e. The number of carbonyl (C=O) groups is 1. The van der Waals surface area contributed by atoms with Crippen molar-refractivity contribution in [3.63, 3.8) is 0 Å². The summed E-state index contributed by atoms with van der Waals surface area (Å²) in [4.78, 5) is 21.3. The summed E-state index contributed by atoms with van der Waals surface area (Å²) in [5, 5.41) is 7.84. The lowest BCUT2D eigenvalue weighted by Crippen LogP contribution is -2.26. The summed E-state index contributed by atoms with van der Waals surface area (Å²) in [6.07, 6.45) is 3.56. The Bertz CT molecular complexity index is 724. The molecule has 0 fully saturated rings. The van der Waals surface area contributed by atoms with Gasteiger partial charge in [-0.2, -0.15) is 0 Å². The van der Waals surface area contributed by atoms with Gasteiger partial charge in [0, 0.05) is 13.7 Å². The van der Waals surface area contributed by atoms with Crippen molar-refractivity contribution in [2.45, 2.75) is 37.0 Å². The summed E-state index contributed by atoms with van der Waals surface area (Å²) in [5.41, 5.74) is 0.713. The molecule has 0 aromatic heterocycles. The molecule has 0 saturated heterocycles. The number of hydrogen-bond acceptors (Lipinski definition) is 6. The van der Waals surface area contributed by atoms with Gasteiger partial charge < -0.3 is 19.3 Å². The molecule has 0 spiro atoms. The van der Waals surface area contributed by atoms with Gasteiger partial charge in [0.2, 0.25) is 15.9 Å². The van der Waals surface area contributed by atoms with Crippen molar-refractivity contribution in [1.29, 1.82) is 0 Å². The van der Waals surface area contributed by atoms with Crippen LogP contribution in [0.4, 0.5) is 0 Å². The minimum Gasteiger partial charge on any atom is -0.356 e. The van der Waals surface area contributed by atoms with Crippen LogP contribution in [0.15, 0.2) is 29.2 Å². The van der Waals surface area contributed by atoms with E-state index in [2.05, 4.69) is 9.84 Å². The Kier molecular flexibility index (Phi) is 9.88. The molecule has 0 aliphatic rings. The van der Waals surface area contributed by atoms with E-state index >= 15 is 0 Å². The van der Waals surface area contributed by atoms with Gasteiger partial charge in [-0.1, -0.05) is 25.0 Å². The number of rotatable bonds is 12. The third-order valence-electron chi connectivity index (χ3n) is 3.50. The molecule has 0 heterocycles. The average molecular weight is 424 g/mol. The maximum Gasteiger partial charge on any atom is 0.324 e. The summed E-state index contributed by atoms with van der Waals surface area (Å²) in [6, 6.07) is 5.91. The van der Waals surface area contributed by atoms with E-state index in [0.717, 1.165) is 25.7 Å². The first-order valence-corrected chi connectivity index (χ1v) is 12.2. The lowest BCUT2D eigenvalue weighted by Gasteiger charge is -2.12. The van der Waals surface area contributed by atoms with Crippen LogP contribution in [-0.4, -0.2) is 39.5 Å². The van der Waals surface area contributed by atoms with Crippen LogP contribution in [0.3, 0.4) is 0 Å². The SMILES string of the molecule is COP(O)(=S)OCCCCCCNC(=O)Cc1ccc(S(N)(=O)=O)cc1. The number of unbranched alkanes of at least 4 members (excludes halogenated alkanes) is 3. The molecule has 1 aromatic rings. The maximum absolute atomic E-state index is 11.8. The zero-order chi connectivity index (χ0) is 19.6. The molecule has 1 aromatic carbocycles. The number of amides is 1. The molecule has 1 unspecified atom stereocenters. The van der Waals surface area contributed by atoms with Crippen LogP contribution in [0.2, 0.25) is 0 Å². The van der Waals surface area contributed by atoms with Crippen LogP contribution >= 0.6 is 6.72 Å². The molecule has 0 aliphatic carbocycles. The first kappa shape index (κ1) is 23.2. The van der Waals surface area contributed by atoms with Gasteiger partial charge in [-0.05, 0) is 42.3 Å². The molecule has 11 heteroatoms. The van der Waals surface area contributed by atoms with Crippen molar-refractivity contribution < 1.29 is 27.2 Å². The zero-order valence-electron chi connectivity index (χ0n) is 14.6. The van der Waals surface area contributed by atoms with Crippen molar-refractivity contribution in [1.82, 2.24) is 5.32 Å². The number of hydrogen-bond donors (Lipinski definition) is 3. The quantitative estimate of drug-likeness (QED) is 0.342. The topological polar surface area (TPSA) is 128 Å². The highest BCUT2D eigenvalue weighted by molar-refractivity contribution is 8.07. The molecule has 1 amide bonds. The molecule has 0 radical (unpaired) electrons. The van der Waals surface area contributed by atoms with Gasteiger partial charge >= 0.3 is 6.72 Å². The minimum absolute atomic E-state index is 0.0211. The van der Waals surface area contributed by atoms with Crippen LogP contribution in [0.1, 0.15) is 31.2 Å². The van der Waals surface area contributed by atoms with E-state index in [-0.39, 0.29) is 17.2 Å². The fourth-order valence-electron chi connectivity index (χ4n) is 2.09. The lowest BCUT2D eigenvalue weighted by molar-refractivity contribution is -0.120. The van der Waals surface area contributed by atoms with E-state index in [1.165, 1.54) is 19.2 Å². The molecule has 0 bridgehead atoms. The molecule has 8 nitrogen and oxygen atoms in total. The van der Waals surface area contributed by atoms with Crippen molar-refractivity contribution in [3.8, 4) is 0 Å². The highest BCUT2D eigenvalue weighted by Crippen LogP contribution is 2.42. The third kappa shape index (κ3) is 9.72. The normalized spacial score (nSPS) is 14.0. The second-order valence-corrected chi connectivity index (χ2v) is 10.1. The van der Waals surface area contributed by atoms with Gasteiger partial charge in [0.25, 0.3) is 0 Å². The Hall–Kier alpha value is -0.870. The predicted octanol–water partition coefficient (Wildman–Crippen LogP) is 1.43. The Morgan fingerprint density at radius 1 is 1.23 bits per heavy atom. The molecule has 26 heavy (non-hydrogen) atoms. The molecule has 0 aliphatic heterocycles. The summed E-state index contributed by atoms with van der Waals surface area (Å²) in [6.45, 7) is -2.15. The van der Waals surface area contributed by atoms with Crippen molar-refractivity contribution in [2.24, 2.45) is 5.14 Å². The van der Waals surface area contributed by atoms with Crippen molar-refractivity contribution in [2.75, 3.05) is 20.3 Å². The molecular weight excluding hydrogens is 399 g/mol. The fourth-order valence-corrected chi connectivity index (χ4v) is 3.29. The van der Waals surface area contributed by atoms with Crippen LogP contribution in [0.5, 0.6) is 0 Å². The summed E-state index contributed by atoms with van der Waals surface area (Å²) >= 11 is 4.71. The predicted molar refractivity (Wildman–Crippen MR) is 102 cm³/mol. The van der Waals surface area contributed by atoms with Gasteiger partial charge in [-0.15, -0.1) is 0 Å². The van der Waals surface area contributed by atoms with E-state index in [0.29, 0.717) is 18.7 Å². The molecule has 0 saturated carbocycles. The van der Waals surface area contributed by atoms with Crippen LogP contribution in [0.25, 0.3) is 0 Å². The number of nitrogens with one attached hydrogen (secondary N) is 1. The molecule has 148 valence electrons. The molecule has 1 rings (SSSR count). The van der Waals surface area contributed by atoms with Crippen LogP contribution in [-0.2, 0) is 42.1 Å². The highest BCUT2D eigenvalue weighted by Gasteiger charge is 2.11. The number of carbonyl (C=O) groups excluding carboxylic acids is 1. The van der Waals surface area contributed by atoms with E-state index in [1.54, 1.807) is 12.1 Å². The van der Waals surface area contributed by atoms with Gasteiger partial charge in [-0.25, -0.2) is 13.6 Å². The molecule has 4 N–H and O–H groups in total. The van der Waals surface area contributed by atoms with Gasteiger partial charge in [0.1, 0.15) is 0 Å². The van der Waals surface area contributed by atoms with E-state index in [9.17, 15) is 18.1 Å². The van der Waals surface area contributed by atoms with Crippen LogP contribution in [0, 0.1) is 0 Å². The Morgan fingerprint density at radius 3 is 2.42 bits per heavy atom. The number of sulfonamides is 1. The van der Waals surface area contributed by atoms with Gasteiger partial charge in [0.15, 0.2) is 0 Å². The van der Waals surface area contributed by atoms with Gasteiger partial charge in [-0.3, -0.25) is 4.79 Å². The summed E-state index contributed by atoms with van der Waals surface area (Å²) < 4.78 is 32.1. The van der Waals surface area contributed by atoms with E-state index in [1.807, 2.05) is 0 Å². The standard InChI is InChI=1S/C15H25N2O6PS2/c1-22-24(19,25)23-11-5-3-2-4-10-17-15(18)12-13-6-8-14(9-7-13)26(16,20)21/h6-9H,2-5,10-12H2,1H3,(H,17,18)(H,19,25)(H2,16,20,21). The first-order valence-electron chi connectivity index (χ1n) is 8.05. The average Bonchev–Trinajstić information content (AvgIpc) is 2.57. The second kappa shape index (κ2) is 11.1. The Balaban J connectivity index is 2.15. The third-order valence-corrected chi connectivity index (χ3v) is 6.16. The first-order chi connectivity index (χ1) is 12.1. The number of nitrogens with two attached hydrogens (primary N) is 1. The second-order valence-electron chi connectivity index (χ2n) is 5.61. The van der Waals surface area contributed by atoms with Crippen molar-refractivity contribution in [3.05, 3.63) is 29.8 Å². The van der Waals surface area contributed by atoms with E-state index in [4.69, 9.17) is 21.5 Å². The minimum atomic E-state index is -3.72. The Labute approximate surface area is 159 Å². The van der Waals surface area contributed by atoms with Crippen molar-refractivity contribution >= 4 is 34.5 Å². The number of benzene rings is 1. The van der Waals surface area contributed by atoms with E-state index < -0.39 is 16.7 Å². The molecule has 1 atom stereocenters. The summed E-state index contributed by atoms with van der Waals surface area (Å²) in [7, 11) is -2.40. The molecular formula is C15H25N2O6PS2. The largest absolute Gasteiger partial charge is 0.356 e. The Morgan fingerprint density at radius 2 is 1.85 bits per heavy atom. The van der Waals surface area contributed by atoms with Gasteiger partial charge in [0.05, 0.1) is 17.9 Å². The monoisotopic (exact) mass is 424 g/mol.